The highest BCUT2D eigenvalue weighted by atomic mass is 15.1. The van der Waals surface area contributed by atoms with Gasteiger partial charge in [-0.15, -0.1) is 0 Å². The van der Waals surface area contributed by atoms with Crippen molar-refractivity contribution in [3.8, 4) is 0 Å². The molecule has 0 aliphatic carbocycles. The maximum atomic E-state index is 5.01. The van der Waals surface area contributed by atoms with E-state index in [0.29, 0.717) is 5.92 Å². The van der Waals surface area contributed by atoms with Gasteiger partial charge >= 0.3 is 0 Å². The van der Waals surface area contributed by atoms with Gasteiger partial charge in [-0.2, -0.15) is 0 Å². The summed E-state index contributed by atoms with van der Waals surface area (Å²) < 4.78 is 2.54. The summed E-state index contributed by atoms with van der Waals surface area (Å²) in [6.07, 6.45) is 6.47. The third kappa shape index (κ3) is 2.56. The molecule has 1 aromatic rings. The van der Waals surface area contributed by atoms with Gasteiger partial charge in [-0.3, -0.25) is 0 Å². The van der Waals surface area contributed by atoms with E-state index in [1.54, 1.807) is 0 Å². The topological polar surface area (TPSA) is 33.1 Å². The van der Waals surface area contributed by atoms with E-state index < -0.39 is 0 Å². The van der Waals surface area contributed by atoms with Crippen molar-refractivity contribution < 1.29 is 0 Å². The number of aromatic nitrogens is 2. The number of piperidine rings is 1. The molecule has 1 unspecified atom stereocenters. The van der Waals surface area contributed by atoms with Crippen molar-refractivity contribution in [2.45, 2.75) is 51.1 Å². The number of fused-ring (bicyclic) bond motifs is 1. The Morgan fingerprint density at radius 3 is 2.95 bits per heavy atom. The monoisotopic (exact) mass is 262 g/mol. The minimum Gasteiger partial charge on any atom is -0.331 e. The molecule has 1 aromatic heterocycles. The van der Waals surface area contributed by atoms with Crippen molar-refractivity contribution in [1.82, 2.24) is 19.8 Å². The van der Waals surface area contributed by atoms with Gasteiger partial charge in [-0.05, 0) is 52.7 Å². The Kier molecular flexibility index (Phi) is 3.89. The van der Waals surface area contributed by atoms with Crippen molar-refractivity contribution in [2.75, 3.05) is 27.2 Å². The Morgan fingerprint density at radius 2 is 2.16 bits per heavy atom. The molecule has 0 amide bonds. The van der Waals surface area contributed by atoms with Crippen LogP contribution in [-0.2, 0) is 19.5 Å². The number of nitrogens with zero attached hydrogens (tertiary/aromatic N) is 3. The van der Waals surface area contributed by atoms with Gasteiger partial charge in [-0.1, -0.05) is 0 Å². The highest BCUT2D eigenvalue weighted by molar-refractivity contribution is 5.22. The Labute approximate surface area is 116 Å². The van der Waals surface area contributed by atoms with E-state index in [-0.39, 0.29) is 0 Å². The molecule has 4 nitrogen and oxygen atoms in total. The first-order chi connectivity index (χ1) is 9.29. The summed E-state index contributed by atoms with van der Waals surface area (Å²) in [7, 11) is 4.25. The molecule has 1 fully saturated rings. The van der Waals surface area contributed by atoms with Gasteiger partial charge in [0.1, 0.15) is 5.82 Å². The van der Waals surface area contributed by atoms with Crippen LogP contribution in [0.4, 0.5) is 0 Å². The third-order valence-corrected chi connectivity index (χ3v) is 4.56. The summed E-state index contributed by atoms with van der Waals surface area (Å²) in [6.45, 7) is 4.52. The number of nitrogens with one attached hydrogen (secondary N) is 1. The average molecular weight is 262 g/mol. The Morgan fingerprint density at radius 1 is 1.26 bits per heavy atom. The molecule has 1 saturated heterocycles. The van der Waals surface area contributed by atoms with Crippen molar-refractivity contribution >= 4 is 0 Å². The predicted octanol–water partition coefficient (Wildman–Crippen LogP) is 1.75. The van der Waals surface area contributed by atoms with E-state index in [9.17, 15) is 0 Å². The standard InChI is InChI=1S/C15H26N4/c1-16-10-13-14-7-3-4-9-19(14)15(17-13)12-6-5-8-18(2)11-12/h12,16H,3-11H2,1-2H3. The zero-order valence-corrected chi connectivity index (χ0v) is 12.3. The van der Waals surface area contributed by atoms with Gasteiger partial charge in [0.15, 0.2) is 0 Å². The van der Waals surface area contributed by atoms with Gasteiger partial charge in [0.25, 0.3) is 0 Å². The van der Waals surface area contributed by atoms with Crippen LogP contribution in [0.25, 0.3) is 0 Å². The summed E-state index contributed by atoms with van der Waals surface area (Å²) in [5.41, 5.74) is 2.80. The lowest BCUT2D eigenvalue weighted by Crippen LogP contribution is -2.32. The van der Waals surface area contributed by atoms with Crippen molar-refractivity contribution in [3.63, 3.8) is 0 Å². The van der Waals surface area contributed by atoms with E-state index in [0.717, 1.165) is 6.54 Å². The maximum absolute atomic E-state index is 5.01. The largest absolute Gasteiger partial charge is 0.331 e. The van der Waals surface area contributed by atoms with Crippen LogP contribution < -0.4 is 5.32 Å². The summed E-state index contributed by atoms with van der Waals surface area (Å²) in [4.78, 5) is 7.47. The van der Waals surface area contributed by atoms with Crippen LogP contribution in [0.15, 0.2) is 0 Å². The minimum atomic E-state index is 0.640. The second kappa shape index (κ2) is 5.63. The first-order valence-electron chi connectivity index (χ1n) is 7.71. The molecule has 1 N–H and O–H groups in total. The normalized spacial score (nSPS) is 24.4. The fourth-order valence-electron chi connectivity index (χ4n) is 3.65. The first-order valence-corrected chi connectivity index (χ1v) is 7.71. The molecule has 106 valence electrons. The molecular formula is C15H26N4. The van der Waals surface area contributed by atoms with Crippen LogP contribution in [0, 0.1) is 0 Å². The number of imidazole rings is 1. The fraction of sp³-hybridized carbons (Fsp3) is 0.800. The first kappa shape index (κ1) is 13.1. The molecule has 0 radical (unpaired) electrons. The van der Waals surface area contributed by atoms with Crippen LogP contribution in [0.2, 0.25) is 0 Å². The maximum Gasteiger partial charge on any atom is 0.113 e. The summed E-state index contributed by atoms with van der Waals surface area (Å²) in [5, 5.41) is 3.27. The molecule has 4 heteroatoms. The number of hydrogen-bond donors (Lipinski definition) is 1. The van der Waals surface area contributed by atoms with E-state index >= 15 is 0 Å². The van der Waals surface area contributed by atoms with Crippen molar-refractivity contribution in [3.05, 3.63) is 17.2 Å². The molecular weight excluding hydrogens is 236 g/mol. The number of likely N-dealkylation sites (N-methyl/N-ethyl adjacent to an activating group) is 1. The van der Waals surface area contributed by atoms with Crippen LogP contribution in [-0.4, -0.2) is 41.6 Å². The molecule has 2 aliphatic heterocycles. The Balaban J connectivity index is 1.91. The molecule has 19 heavy (non-hydrogen) atoms. The van der Waals surface area contributed by atoms with Gasteiger partial charge in [0, 0.05) is 31.2 Å². The lowest BCUT2D eigenvalue weighted by atomic mass is 9.97. The van der Waals surface area contributed by atoms with Gasteiger partial charge < -0.3 is 14.8 Å². The summed E-state index contributed by atoms with van der Waals surface area (Å²) >= 11 is 0. The minimum absolute atomic E-state index is 0.640. The molecule has 3 rings (SSSR count). The second-order valence-corrected chi connectivity index (χ2v) is 6.10. The van der Waals surface area contributed by atoms with E-state index in [4.69, 9.17) is 4.98 Å². The van der Waals surface area contributed by atoms with Crippen LogP contribution in [0.1, 0.15) is 48.8 Å². The van der Waals surface area contributed by atoms with Crippen LogP contribution >= 0.6 is 0 Å². The zero-order valence-electron chi connectivity index (χ0n) is 12.3. The summed E-state index contributed by atoms with van der Waals surface area (Å²) in [5.74, 6) is 2.01. The van der Waals surface area contributed by atoms with Crippen molar-refractivity contribution in [1.29, 1.82) is 0 Å². The zero-order chi connectivity index (χ0) is 13.2. The third-order valence-electron chi connectivity index (χ3n) is 4.56. The van der Waals surface area contributed by atoms with Crippen LogP contribution in [0.3, 0.4) is 0 Å². The highest BCUT2D eigenvalue weighted by Gasteiger charge is 2.27. The van der Waals surface area contributed by atoms with Crippen molar-refractivity contribution in [2.24, 2.45) is 0 Å². The Bertz CT molecular complexity index is 438. The molecule has 0 aromatic carbocycles. The fourth-order valence-corrected chi connectivity index (χ4v) is 3.65. The van der Waals surface area contributed by atoms with Gasteiger partial charge in [0.2, 0.25) is 0 Å². The van der Waals surface area contributed by atoms with E-state index in [2.05, 4.69) is 21.8 Å². The molecule has 3 heterocycles. The molecule has 1 atom stereocenters. The smallest absolute Gasteiger partial charge is 0.113 e. The lowest BCUT2D eigenvalue weighted by Gasteiger charge is -2.30. The van der Waals surface area contributed by atoms with Crippen LogP contribution in [0.5, 0.6) is 0 Å². The molecule has 0 bridgehead atoms. The quantitative estimate of drug-likeness (QED) is 0.901. The van der Waals surface area contributed by atoms with E-state index in [1.807, 2.05) is 7.05 Å². The summed E-state index contributed by atoms with van der Waals surface area (Å²) in [6, 6.07) is 0. The van der Waals surface area contributed by atoms with E-state index in [1.165, 1.54) is 69.0 Å². The molecule has 2 aliphatic rings. The van der Waals surface area contributed by atoms with Gasteiger partial charge in [0.05, 0.1) is 5.69 Å². The van der Waals surface area contributed by atoms with Gasteiger partial charge in [-0.25, -0.2) is 4.98 Å². The lowest BCUT2D eigenvalue weighted by molar-refractivity contribution is 0.241. The Hall–Kier alpha value is -0.870. The SMILES string of the molecule is CNCc1nc(C2CCCN(C)C2)n2c1CCCC2. The number of likely N-dealkylation sites (tertiary alicyclic amines) is 1. The number of rotatable bonds is 3. The predicted molar refractivity (Wildman–Crippen MR) is 77.4 cm³/mol. The average Bonchev–Trinajstić information content (AvgIpc) is 2.79. The second-order valence-electron chi connectivity index (χ2n) is 6.10. The molecule has 0 spiro atoms. The number of hydrogen-bond acceptors (Lipinski definition) is 3. The highest BCUT2D eigenvalue weighted by Crippen LogP contribution is 2.30. The molecule has 0 saturated carbocycles.